The Morgan fingerprint density at radius 2 is 1.77 bits per heavy atom. The quantitative estimate of drug-likeness (QED) is 0.479. The number of guanidine groups is 1. The lowest BCUT2D eigenvalue weighted by Crippen LogP contribution is -2.52. The van der Waals surface area contributed by atoms with E-state index in [1.165, 1.54) is 0 Å². The minimum Gasteiger partial charge on any atom is -0.493 e. The zero-order chi connectivity index (χ0) is 22.1. The minimum atomic E-state index is 0.626. The van der Waals surface area contributed by atoms with E-state index in [0.29, 0.717) is 17.2 Å². The molecule has 0 amide bonds. The van der Waals surface area contributed by atoms with E-state index in [0.717, 1.165) is 63.9 Å². The van der Waals surface area contributed by atoms with Crippen LogP contribution in [0, 0.1) is 0 Å². The third-order valence-corrected chi connectivity index (χ3v) is 5.32. The van der Waals surface area contributed by atoms with Gasteiger partial charge in [-0.15, -0.1) is 0 Å². The molecular formula is C22H34N6O3. The third kappa shape index (κ3) is 6.04. The van der Waals surface area contributed by atoms with E-state index in [2.05, 4.69) is 27.0 Å². The fourth-order valence-corrected chi connectivity index (χ4v) is 3.72. The number of piperazine rings is 1. The minimum absolute atomic E-state index is 0.626. The molecule has 1 N–H and O–H groups in total. The van der Waals surface area contributed by atoms with Crippen LogP contribution < -0.4 is 19.5 Å². The second kappa shape index (κ2) is 11.5. The molecule has 0 aliphatic carbocycles. The molecule has 170 valence electrons. The zero-order valence-electron chi connectivity index (χ0n) is 19.0. The van der Waals surface area contributed by atoms with Gasteiger partial charge in [-0.25, -0.2) is 4.98 Å². The summed E-state index contributed by atoms with van der Waals surface area (Å²) in [5.74, 6) is 2.99. The van der Waals surface area contributed by atoms with Crippen molar-refractivity contribution in [1.82, 2.24) is 24.7 Å². The first-order valence-electron chi connectivity index (χ1n) is 10.7. The van der Waals surface area contributed by atoms with Gasteiger partial charge in [0.15, 0.2) is 17.5 Å². The van der Waals surface area contributed by atoms with Gasteiger partial charge in [-0.05, 0) is 24.6 Å². The number of hydrogen-bond donors (Lipinski definition) is 1. The molecule has 31 heavy (non-hydrogen) atoms. The molecular weight excluding hydrogens is 396 g/mol. The van der Waals surface area contributed by atoms with Gasteiger partial charge in [-0.3, -0.25) is 9.89 Å². The van der Waals surface area contributed by atoms with Crippen LogP contribution in [0.15, 0.2) is 35.8 Å². The van der Waals surface area contributed by atoms with Crippen molar-refractivity contribution < 1.29 is 14.2 Å². The largest absolute Gasteiger partial charge is 0.493 e. The predicted octanol–water partition coefficient (Wildman–Crippen LogP) is 1.69. The average Bonchev–Trinajstić information content (AvgIpc) is 3.32. The van der Waals surface area contributed by atoms with Crippen molar-refractivity contribution in [3.63, 3.8) is 0 Å². The summed E-state index contributed by atoms with van der Waals surface area (Å²) >= 11 is 0. The topological polar surface area (TPSA) is 76.4 Å². The van der Waals surface area contributed by atoms with E-state index in [-0.39, 0.29) is 0 Å². The van der Waals surface area contributed by atoms with Gasteiger partial charge in [0.05, 0.1) is 34.2 Å². The number of ether oxygens (including phenoxy) is 3. The monoisotopic (exact) mass is 430 g/mol. The summed E-state index contributed by atoms with van der Waals surface area (Å²) in [7, 11) is 4.92. The molecule has 1 aromatic carbocycles. The lowest BCUT2D eigenvalue weighted by molar-refractivity contribution is 0.172. The van der Waals surface area contributed by atoms with E-state index in [9.17, 15) is 0 Å². The van der Waals surface area contributed by atoms with Gasteiger partial charge in [0, 0.05) is 58.2 Å². The number of rotatable bonds is 9. The number of hydrogen-bond acceptors (Lipinski definition) is 6. The fourth-order valence-electron chi connectivity index (χ4n) is 3.72. The Morgan fingerprint density at radius 3 is 2.32 bits per heavy atom. The number of imidazole rings is 1. The van der Waals surface area contributed by atoms with Crippen molar-refractivity contribution in [3.05, 3.63) is 36.4 Å². The highest BCUT2D eigenvalue weighted by molar-refractivity contribution is 5.80. The number of aliphatic imine (C=N–C) groups is 1. The van der Waals surface area contributed by atoms with Crippen molar-refractivity contribution in [2.24, 2.45) is 4.99 Å². The zero-order valence-corrected chi connectivity index (χ0v) is 19.0. The first-order chi connectivity index (χ1) is 15.2. The van der Waals surface area contributed by atoms with Crippen molar-refractivity contribution in [3.8, 4) is 17.2 Å². The van der Waals surface area contributed by atoms with Crippen LogP contribution in [-0.4, -0.2) is 85.9 Å². The summed E-state index contributed by atoms with van der Waals surface area (Å²) in [5.41, 5.74) is 1.14. The lowest BCUT2D eigenvalue weighted by atomic mass is 10.1. The number of nitrogens with zero attached hydrogens (tertiary/aromatic N) is 5. The van der Waals surface area contributed by atoms with Crippen molar-refractivity contribution >= 4 is 5.96 Å². The Bertz CT molecular complexity index is 807. The van der Waals surface area contributed by atoms with Gasteiger partial charge in [0.1, 0.15) is 0 Å². The van der Waals surface area contributed by atoms with Crippen LogP contribution in [-0.2, 0) is 13.1 Å². The molecule has 0 atom stereocenters. The van der Waals surface area contributed by atoms with Gasteiger partial charge in [0.25, 0.3) is 0 Å². The maximum absolute atomic E-state index is 5.49. The van der Waals surface area contributed by atoms with Crippen molar-refractivity contribution in [2.45, 2.75) is 20.0 Å². The molecule has 2 aromatic rings. The highest BCUT2D eigenvalue weighted by Crippen LogP contribution is 2.38. The Labute approximate surface area is 184 Å². The molecule has 0 bridgehead atoms. The van der Waals surface area contributed by atoms with Gasteiger partial charge in [0.2, 0.25) is 5.75 Å². The summed E-state index contributed by atoms with van der Waals surface area (Å²) in [4.78, 5) is 13.7. The van der Waals surface area contributed by atoms with E-state index < -0.39 is 0 Å². The van der Waals surface area contributed by atoms with Crippen LogP contribution in [0.3, 0.4) is 0 Å². The lowest BCUT2D eigenvalue weighted by Gasteiger charge is -2.36. The number of methoxy groups -OCH3 is 3. The molecule has 0 saturated carbocycles. The molecule has 1 fully saturated rings. The van der Waals surface area contributed by atoms with Gasteiger partial charge in [-0.1, -0.05) is 0 Å². The van der Waals surface area contributed by atoms with Crippen molar-refractivity contribution in [1.29, 1.82) is 0 Å². The predicted molar refractivity (Wildman–Crippen MR) is 121 cm³/mol. The first-order valence-corrected chi connectivity index (χ1v) is 10.7. The highest BCUT2D eigenvalue weighted by atomic mass is 16.5. The van der Waals surface area contributed by atoms with Crippen LogP contribution in [0.5, 0.6) is 17.2 Å². The second-order valence-electron chi connectivity index (χ2n) is 7.33. The summed E-state index contributed by atoms with van der Waals surface area (Å²) in [6, 6.07) is 4.05. The average molecular weight is 431 g/mol. The standard InChI is InChI=1S/C22H34N6O3/c1-5-24-22(25-7-9-27-8-6-23-17-27)28-12-10-26(11-13-28)16-18-14-19(29-2)21(31-4)20(15-18)30-3/h6,8,14-15,17H,5,7,9-13,16H2,1-4H3,(H,24,25). The Kier molecular flexibility index (Phi) is 8.40. The molecule has 2 heterocycles. The normalized spacial score (nSPS) is 15.1. The maximum atomic E-state index is 5.49. The Balaban J connectivity index is 1.57. The number of benzene rings is 1. The van der Waals surface area contributed by atoms with E-state index in [4.69, 9.17) is 19.2 Å². The second-order valence-corrected chi connectivity index (χ2v) is 7.33. The molecule has 0 unspecified atom stereocenters. The molecule has 3 rings (SSSR count). The molecule has 1 aliphatic heterocycles. The summed E-state index contributed by atoms with van der Waals surface area (Å²) in [5, 5.41) is 3.43. The van der Waals surface area contributed by atoms with Gasteiger partial charge in [-0.2, -0.15) is 0 Å². The van der Waals surface area contributed by atoms with Crippen LogP contribution in [0.1, 0.15) is 12.5 Å². The van der Waals surface area contributed by atoms with Crippen molar-refractivity contribution in [2.75, 3.05) is 60.6 Å². The van der Waals surface area contributed by atoms with Crippen LogP contribution in [0.4, 0.5) is 0 Å². The molecule has 1 aliphatic rings. The molecule has 0 spiro atoms. The van der Waals surface area contributed by atoms with Gasteiger partial charge < -0.3 is 29.0 Å². The molecule has 9 heteroatoms. The van der Waals surface area contributed by atoms with E-state index in [1.54, 1.807) is 27.5 Å². The van der Waals surface area contributed by atoms with E-state index in [1.807, 2.05) is 29.2 Å². The smallest absolute Gasteiger partial charge is 0.203 e. The number of nitrogens with one attached hydrogen (secondary N) is 1. The third-order valence-electron chi connectivity index (χ3n) is 5.32. The molecule has 9 nitrogen and oxygen atoms in total. The first kappa shape index (κ1) is 22.7. The maximum Gasteiger partial charge on any atom is 0.203 e. The van der Waals surface area contributed by atoms with Crippen LogP contribution in [0.2, 0.25) is 0 Å². The highest BCUT2D eigenvalue weighted by Gasteiger charge is 2.21. The summed E-state index contributed by atoms with van der Waals surface area (Å²) in [6.07, 6.45) is 5.58. The fraction of sp³-hybridized carbons (Fsp3) is 0.545. The van der Waals surface area contributed by atoms with Crippen LogP contribution in [0.25, 0.3) is 0 Å². The molecule has 1 saturated heterocycles. The molecule has 1 aromatic heterocycles. The van der Waals surface area contributed by atoms with E-state index >= 15 is 0 Å². The van der Waals surface area contributed by atoms with Crippen LogP contribution >= 0.6 is 0 Å². The van der Waals surface area contributed by atoms with Gasteiger partial charge >= 0.3 is 0 Å². The Hall–Kier alpha value is -2.94. The number of aromatic nitrogens is 2. The summed E-state index contributed by atoms with van der Waals surface area (Å²) < 4.78 is 18.4. The summed E-state index contributed by atoms with van der Waals surface area (Å²) in [6.45, 7) is 9.13. The molecule has 0 radical (unpaired) electrons. The Morgan fingerprint density at radius 1 is 1.06 bits per heavy atom. The SMILES string of the molecule is CCNC(=NCCn1ccnc1)N1CCN(Cc2cc(OC)c(OC)c(OC)c2)CC1.